The first-order valence-electron chi connectivity index (χ1n) is 7.43. The highest BCUT2D eigenvalue weighted by Gasteiger charge is 2.62. The van der Waals surface area contributed by atoms with Gasteiger partial charge in [0, 0.05) is 11.8 Å². The smallest absolute Gasteiger partial charge is 0.330 e. The lowest BCUT2D eigenvalue weighted by Crippen LogP contribution is -2.44. The molecule has 2 aliphatic heterocycles. The Kier molecular flexibility index (Phi) is 3.36. The van der Waals surface area contributed by atoms with Crippen LogP contribution < -0.4 is 11.2 Å². The third-order valence-corrected chi connectivity index (χ3v) is 4.26. The highest BCUT2D eigenvalue weighted by molar-refractivity contribution is 5.10. The standard InChI is InChI=1S/C15H22N2O5/c1-8-5-17(13(20)16-11(8)19)12-9-10(18)15(22-12,7-21-9)6-14(2,3)4/h5,9-10,12,18H,6-7H2,1-4H3,(H,16,19,20)/t9-,10?,12+,15-/m0/s1. The number of hydrogen-bond donors (Lipinski definition) is 2. The Labute approximate surface area is 127 Å². The molecule has 1 aromatic heterocycles. The third kappa shape index (κ3) is 2.33. The van der Waals surface area contributed by atoms with E-state index in [2.05, 4.69) is 25.8 Å². The number of ether oxygens (including phenoxy) is 2. The van der Waals surface area contributed by atoms with Crippen molar-refractivity contribution in [3.8, 4) is 0 Å². The summed E-state index contributed by atoms with van der Waals surface area (Å²) in [6.07, 6.45) is -0.0612. The molecular weight excluding hydrogens is 288 g/mol. The molecule has 0 aromatic carbocycles. The number of aliphatic hydroxyl groups is 1. The molecule has 1 unspecified atom stereocenters. The zero-order valence-corrected chi connectivity index (χ0v) is 13.3. The predicted molar refractivity (Wildman–Crippen MR) is 78.7 cm³/mol. The van der Waals surface area contributed by atoms with Crippen molar-refractivity contribution < 1.29 is 14.6 Å². The Morgan fingerprint density at radius 3 is 2.77 bits per heavy atom. The minimum atomic E-state index is -0.808. The molecule has 0 radical (unpaired) electrons. The van der Waals surface area contributed by atoms with E-state index >= 15 is 0 Å². The molecule has 2 bridgehead atoms. The maximum atomic E-state index is 12.0. The van der Waals surface area contributed by atoms with Crippen LogP contribution in [0, 0.1) is 12.3 Å². The zero-order chi connectivity index (χ0) is 16.3. The molecule has 22 heavy (non-hydrogen) atoms. The molecule has 3 rings (SSSR count). The summed E-state index contributed by atoms with van der Waals surface area (Å²) < 4.78 is 13.0. The third-order valence-electron chi connectivity index (χ3n) is 4.26. The van der Waals surface area contributed by atoms with Crippen molar-refractivity contribution in [1.29, 1.82) is 0 Å². The van der Waals surface area contributed by atoms with E-state index in [1.807, 2.05) is 0 Å². The molecule has 2 aliphatic rings. The number of aromatic amines is 1. The van der Waals surface area contributed by atoms with Gasteiger partial charge in [-0.25, -0.2) is 4.79 Å². The van der Waals surface area contributed by atoms with Crippen molar-refractivity contribution in [2.75, 3.05) is 6.61 Å². The van der Waals surface area contributed by atoms with Crippen LogP contribution in [-0.4, -0.2) is 39.1 Å². The van der Waals surface area contributed by atoms with Gasteiger partial charge < -0.3 is 14.6 Å². The van der Waals surface area contributed by atoms with E-state index < -0.39 is 35.3 Å². The first-order chi connectivity index (χ1) is 10.1. The van der Waals surface area contributed by atoms with Crippen molar-refractivity contribution in [3.05, 3.63) is 32.6 Å². The Morgan fingerprint density at radius 2 is 2.14 bits per heavy atom. The zero-order valence-electron chi connectivity index (χ0n) is 13.3. The van der Waals surface area contributed by atoms with Crippen LogP contribution in [0.1, 0.15) is 39.0 Å². The van der Waals surface area contributed by atoms with Gasteiger partial charge in [0.1, 0.15) is 17.8 Å². The Morgan fingerprint density at radius 1 is 1.45 bits per heavy atom. The van der Waals surface area contributed by atoms with Crippen LogP contribution in [0.15, 0.2) is 15.8 Å². The van der Waals surface area contributed by atoms with Crippen molar-refractivity contribution >= 4 is 0 Å². The highest BCUT2D eigenvalue weighted by Crippen LogP contribution is 2.49. The molecule has 4 atom stereocenters. The Hall–Kier alpha value is -1.44. The van der Waals surface area contributed by atoms with E-state index in [9.17, 15) is 14.7 Å². The predicted octanol–water partition coefficient (Wildman–Crippen LogP) is 0.309. The second kappa shape index (κ2) is 4.78. The van der Waals surface area contributed by atoms with Gasteiger partial charge in [0.15, 0.2) is 6.23 Å². The first kappa shape index (κ1) is 15.5. The second-order valence-electron chi connectivity index (χ2n) is 7.51. The van der Waals surface area contributed by atoms with Crippen LogP contribution in [0.2, 0.25) is 0 Å². The van der Waals surface area contributed by atoms with Crippen molar-refractivity contribution in [3.63, 3.8) is 0 Å². The van der Waals surface area contributed by atoms with E-state index in [0.717, 1.165) is 0 Å². The topological polar surface area (TPSA) is 93.6 Å². The van der Waals surface area contributed by atoms with Gasteiger partial charge in [-0.05, 0) is 18.8 Å². The van der Waals surface area contributed by atoms with Gasteiger partial charge in [0.25, 0.3) is 5.56 Å². The van der Waals surface area contributed by atoms with Gasteiger partial charge >= 0.3 is 5.69 Å². The van der Waals surface area contributed by atoms with Crippen LogP contribution in [0.4, 0.5) is 0 Å². The summed E-state index contributed by atoms with van der Waals surface area (Å²) in [4.78, 5) is 25.8. The van der Waals surface area contributed by atoms with Gasteiger partial charge in [0.05, 0.1) is 6.61 Å². The lowest BCUT2D eigenvalue weighted by Gasteiger charge is -2.35. The van der Waals surface area contributed by atoms with E-state index in [1.54, 1.807) is 6.92 Å². The van der Waals surface area contributed by atoms with E-state index in [4.69, 9.17) is 9.47 Å². The highest BCUT2D eigenvalue weighted by atomic mass is 16.6. The van der Waals surface area contributed by atoms with Crippen molar-refractivity contribution in [1.82, 2.24) is 9.55 Å². The largest absolute Gasteiger partial charge is 0.387 e. The number of aliphatic hydroxyl groups excluding tert-OH is 1. The summed E-state index contributed by atoms with van der Waals surface area (Å²) in [6, 6.07) is 0. The summed E-state index contributed by atoms with van der Waals surface area (Å²) >= 11 is 0. The van der Waals surface area contributed by atoms with Gasteiger partial charge in [-0.1, -0.05) is 20.8 Å². The molecule has 2 N–H and O–H groups in total. The number of rotatable bonds is 2. The fraction of sp³-hybridized carbons (Fsp3) is 0.733. The summed E-state index contributed by atoms with van der Waals surface area (Å²) in [5.74, 6) is 0. The number of H-pyrrole nitrogens is 1. The molecule has 7 heteroatoms. The SMILES string of the molecule is Cc1cn([C@@H]2O[C@@]3(CC(C)(C)C)CO[C@H]2C3O)c(=O)[nH]c1=O. The second-order valence-corrected chi connectivity index (χ2v) is 7.51. The summed E-state index contributed by atoms with van der Waals surface area (Å²) in [7, 11) is 0. The van der Waals surface area contributed by atoms with Crippen molar-refractivity contribution in [2.24, 2.45) is 5.41 Å². The van der Waals surface area contributed by atoms with Gasteiger partial charge in [-0.2, -0.15) is 0 Å². The van der Waals surface area contributed by atoms with Crippen LogP contribution in [0.25, 0.3) is 0 Å². The Bertz CT molecular complexity index is 701. The molecule has 7 nitrogen and oxygen atoms in total. The van der Waals surface area contributed by atoms with Crippen LogP contribution >= 0.6 is 0 Å². The average molecular weight is 310 g/mol. The lowest BCUT2D eigenvalue weighted by molar-refractivity contribution is -0.184. The number of nitrogens with zero attached hydrogens (tertiary/aromatic N) is 1. The lowest BCUT2D eigenvalue weighted by atomic mass is 9.80. The van der Waals surface area contributed by atoms with Crippen LogP contribution in [0.3, 0.4) is 0 Å². The summed E-state index contributed by atoms with van der Waals surface area (Å²) in [5.41, 5.74) is -1.44. The normalized spacial score (nSPS) is 34.3. The van der Waals surface area contributed by atoms with Gasteiger partial charge in [-0.15, -0.1) is 0 Å². The molecule has 2 saturated heterocycles. The fourth-order valence-corrected chi connectivity index (χ4v) is 3.45. The number of aromatic nitrogens is 2. The molecular formula is C15H22N2O5. The molecule has 2 fully saturated rings. The van der Waals surface area contributed by atoms with Gasteiger partial charge in [-0.3, -0.25) is 14.3 Å². The fourth-order valence-electron chi connectivity index (χ4n) is 3.45. The molecule has 0 spiro atoms. The van der Waals surface area contributed by atoms with Crippen molar-refractivity contribution in [2.45, 2.75) is 58.2 Å². The number of aryl methyl sites for hydroxylation is 1. The molecule has 0 aliphatic carbocycles. The van der Waals surface area contributed by atoms with Crippen LogP contribution in [0.5, 0.6) is 0 Å². The van der Waals surface area contributed by atoms with Crippen LogP contribution in [-0.2, 0) is 9.47 Å². The molecule has 122 valence electrons. The monoisotopic (exact) mass is 310 g/mol. The minimum absolute atomic E-state index is 0.0556. The minimum Gasteiger partial charge on any atom is -0.387 e. The maximum absolute atomic E-state index is 12.0. The first-order valence-corrected chi connectivity index (χ1v) is 7.43. The molecule has 1 aromatic rings. The maximum Gasteiger partial charge on any atom is 0.330 e. The number of hydrogen-bond acceptors (Lipinski definition) is 5. The number of fused-ring (bicyclic) bond motifs is 2. The van der Waals surface area contributed by atoms with E-state index in [0.29, 0.717) is 18.6 Å². The van der Waals surface area contributed by atoms with E-state index in [1.165, 1.54) is 10.8 Å². The van der Waals surface area contributed by atoms with Gasteiger partial charge in [0.2, 0.25) is 0 Å². The average Bonchev–Trinajstić information content (AvgIpc) is 2.81. The molecule has 0 saturated carbocycles. The number of nitrogens with one attached hydrogen (secondary N) is 1. The van der Waals surface area contributed by atoms with E-state index in [-0.39, 0.29) is 5.41 Å². The summed E-state index contributed by atoms with van der Waals surface area (Å²) in [6.45, 7) is 8.12. The Balaban J connectivity index is 1.98. The molecule has 3 heterocycles. The summed E-state index contributed by atoms with van der Waals surface area (Å²) in [5, 5.41) is 10.6. The quantitative estimate of drug-likeness (QED) is 0.820. The molecule has 0 amide bonds.